The molecule has 92 valence electrons. The molecule has 0 unspecified atom stereocenters. The zero-order chi connectivity index (χ0) is 11.4. The van der Waals surface area contributed by atoms with Gasteiger partial charge >= 0.3 is 0 Å². The fraction of sp³-hybridized carbons (Fsp3) is 0.929. The third-order valence-corrected chi connectivity index (χ3v) is 4.29. The molecule has 2 aliphatic rings. The molecule has 2 fully saturated rings. The van der Waals surface area contributed by atoms with Gasteiger partial charge in [0.2, 0.25) is 0 Å². The van der Waals surface area contributed by atoms with Gasteiger partial charge in [-0.3, -0.25) is 4.79 Å². The molecule has 0 bridgehead atoms. The van der Waals surface area contributed by atoms with Crippen molar-refractivity contribution in [1.82, 2.24) is 0 Å². The molecule has 0 aromatic rings. The molecule has 2 heteroatoms. The first-order valence-electron chi connectivity index (χ1n) is 6.94. The summed E-state index contributed by atoms with van der Waals surface area (Å²) < 4.78 is 5.81. The Hall–Kier alpha value is -0.370. The number of rotatable bonds is 5. The molecule has 2 nitrogen and oxygen atoms in total. The molecule has 0 heterocycles. The maximum absolute atomic E-state index is 12.4. The topological polar surface area (TPSA) is 26.3 Å². The van der Waals surface area contributed by atoms with Gasteiger partial charge in [-0.15, -0.1) is 0 Å². The summed E-state index contributed by atoms with van der Waals surface area (Å²) in [5, 5.41) is 0. The SMILES string of the molecule is CCOC1(C(=O)CC2CCCC2)CCCC1. The van der Waals surface area contributed by atoms with Gasteiger partial charge in [-0.2, -0.15) is 0 Å². The smallest absolute Gasteiger partial charge is 0.164 e. The van der Waals surface area contributed by atoms with E-state index in [1.54, 1.807) is 0 Å². The lowest BCUT2D eigenvalue weighted by Crippen LogP contribution is -2.39. The van der Waals surface area contributed by atoms with Crippen LogP contribution in [0.25, 0.3) is 0 Å². The average Bonchev–Trinajstić information content (AvgIpc) is 2.89. The van der Waals surface area contributed by atoms with Crippen molar-refractivity contribution in [2.75, 3.05) is 6.61 Å². The van der Waals surface area contributed by atoms with Crippen LogP contribution in [-0.4, -0.2) is 18.0 Å². The van der Waals surface area contributed by atoms with Crippen LogP contribution in [0, 0.1) is 5.92 Å². The third kappa shape index (κ3) is 2.48. The molecule has 0 atom stereocenters. The van der Waals surface area contributed by atoms with Crippen LogP contribution < -0.4 is 0 Å². The zero-order valence-corrected chi connectivity index (χ0v) is 10.5. The Bertz CT molecular complexity index is 235. The molecule has 16 heavy (non-hydrogen) atoms. The Balaban J connectivity index is 1.93. The van der Waals surface area contributed by atoms with Crippen LogP contribution >= 0.6 is 0 Å². The first kappa shape index (κ1) is 12.1. The molecule has 0 aliphatic heterocycles. The van der Waals surface area contributed by atoms with E-state index in [2.05, 4.69) is 0 Å². The van der Waals surface area contributed by atoms with E-state index in [4.69, 9.17) is 4.74 Å². The summed E-state index contributed by atoms with van der Waals surface area (Å²) in [6.07, 6.45) is 10.2. The number of ketones is 1. The third-order valence-electron chi connectivity index (χ3n) is 4.29. The van der Waals surface area contributed by atoms with Gasteiger partial charge in [0.1, 0.15) is 5.60 Å². The van der Waals surface area contributed by atoms with E-state index >= 15 is 0 Å². The van der Waals surface area contributed by atoms with Crippen LogP contribution in [0.2, 0.25) is 0 Å². The largest absolute Gasteiger partial charge is 0.368 e. The number of hydrogen-bond acceptors (Lipinski definition) is 2. The first-order chi connectivity index (χ1) is 7.77. The van der Waals surface area contributed by atoms with Crippen molar-refractivity contribution >= 4 is 5.78 Å². The first-order valence-corrected chi connectivity index (χ1v) is 6.94. The molecular formula is C14H24O2. The molecule has 2 rings (SSSR count). The molecule has 0 spiro atoms. The lowest BCUT2D eigenvalue weighted by Gasteiger charge is -2.28. The lowest BCUT2D eigenvalue weighted by atomic mass is 9.88. The number of carbonyl (C=O) groups excluding carboxylic acids is 1. The van der Waals surface area contributed by atoms with Crippen molar-refractivity contribution in [1.29, 1.82) is 0 Å². The van der Waals surface area contributed by atoms with Crippen molar-refractivity contribution < 1.29 is 9.53 Å². The number of ether oxygens (including phenoxy) is 1. The second-order valence-corrected chi connectivity index (χ2v) is 5.41. The van der Waals surface area contributed by atoms with Crippen LogP contribution in [0.15, 0.2) is 0 Å². The summed E-state index contributed by atoms with van der Waals surface area (Å²) in [6.45, 7) is 2.68. The van der Waals surface area contributed by atoms with E-state index < -0.39 is 0 Å². The Morgan fingerprint density at radius 1 is 1.19 bits per heavy atom. The Kier molecular flexibility index (Phi) is 4.01. The summed E-state index contributed by atoms with van der Waals surface area (Å²) in [5.41, 5.74) is -0.378. The molecule has 0 amide bonds. The van der Waals surface area contributed by atoms with Gasteiger partial charge in [-0.25, -0.2) is 0 Å². The predicted molar refractivity (Wildman–Crippen MR) is 64.4 cm³/mol. The molecule has 0 N–H and O–H groups in total. The minimum Gasteiger partial charge on any atom is -0.368 e. The second kappa shape index (κ2) is 5.31. The van der Waals surface area contributed by atoms with E-state index in [-0.39, 0.29) is 5.60 Å². The second-order valence-electron chi connectivity index (χ2n) is 5.41. The van der Waals surface area contributed by atoms with Crippen molar-refractivity contribution in [2.45, 2.75) is 70.3 Å². The van der Waals surface area contributed by atoms with Gasteiger partial charge < -0.3 is 4.74 Å². The van der Waals surface area contributed by atoms with E-state index in [9.17, 15) is 4.79 Å². The highest BCUT2D eigenvalue weighted by atomic mass is 16.5. The van der Waals surface area contributed by atoms with E-state index in [0.29, 0.717) is 18.3 Å². The normalized spacial score (nSPS) is 25.1. The van der Waals surface area contributed by atoms with E-state index in [1.807, 2.05) is 6.92 Å². The Labute approximate surface area is 98.7 Å². The van der Waals surface area contributed by atoms with Crippen LogP contribution in [0.5, 0.6) is 0 Å². The predicted octanol–water partition coefficient (Wildman–Crippen LogP) is 3.49. The standard InChI is InChI=1S/C14H24O2/c1-2-16-14(9-5-6-10-14)13(15)11-12-7-3-4-8-12/h12H,2-11H2,1H3. The van der Waals surface area contributed by atoms with Gasteiger partial charge in [-0.05, 0) is 38.5 Å². The minimum atomic E-state index is -0.378. The van der Waals surface area contributed by atoms with Gasteiger partial charge in [0.25, 0.3) is 0 Å². The molecule has 2 aliphatic carbocycles. The van der Waals surface area contributed by atoms with Crippen LogP contribution in [0.3, 0.4) is 0 Å². The van der Waals surface area contributed by atoms with Crippen LogP contribution in [0.4, 0.5) is 0 Å². The molecule has 0 radical (unpaired) electrons. The molecule has 0 aromatic carbocycles. The number of carbonyl (C=O) groups is 1. The monoisotopic (exact) mass is 224 g/mol. The van der Waals surface area contributed by atoms with Gasteiger partial charge in [0, 0.05) is 13.0 Å². The van der Waals surface area contributed by atoms with Crippen molar-refractivity contribution in [3.05, 3.63) is 0 Å². The minimum absolute atomic E-state index is 0.378. The highest BCUT2D eigenvalue weighted by Gasteiger charge is 2.42. The quantitative estimate of drug-likeness (QED) is 0.714. The maximum Gasteiger partial charge on any atom is 0.164 e. The summed E-state index contributed by atoms with van der Waals surface area (Å²) in [7, 11) is 0. The Morgan fingerprint density at radius 3 is 2.38 bits per heavy atom. The van der Waals surface area contributed by atoms with E-state index in [0.717, 1.165) is 32.1 Å². The highest BCUT2D eigenvalue weighted by molar-refractivity contribution is 5.87. The molecule has 0 aromatic heterocycles. The Morgan fingerprint density at radius 2 is 1.81 bits per heavy atom. The molecular weight excluding hydrogens is 200 g/mol. The van der Waals surface area contributed by atoms with Crippen LogP contribution in [-0.2, 0) is 9.53 Å². The van der Waals surface area contributed by atoms with Crippen LogP contribution in [0.1, 0.15) is 64.7 Å². The van der Waals surface area contributed by atoms with Crippen molar-refractivity contribution in [3.63, 3.8) is 0 Å². The summed E-state index contributed by atoms with van der Waals surface area (Å²) in [5.74, 6) is 1.06. The zero-order valence-electron chi connectivity index (χ0n) is 10.5. The average molecular weight is 224 g/mol. The number of Topliss-reactive ketones (excluding diaryl/α,β-unsaturated/α-hetero) is 1. The lowest BCUT2D eigenvalue weighted by molar-refractivity contribution is -0.144. The summed E-state index contributed by atoms with van der Waals surface area (Å²) in [4.78, 5) is 12.4. The maximum atomic E-state index is 12.4. The van der Waals surface area contributed by atoms with E-state index in [1.165, 1.54) is 25.7 Å². The van der Waals surface area contributed by atoms with Gasteiger partial charge in [-0.1, -0.05) is 25.7 Å². The van der Waals surface area contributed by atoms with Crippen molar-refractivity contribution in [3.8, 4) is 0 Å². The summed E-state index contributed by atoms with van der Waals surface area (Å²) >= 11 is 0. The highest BCUT2D eigenvalue weighted by Crippen LogP contribution is 2.38. The molecule has 0 saturated heterocycles. The summed E-state index contributed by atoms with van der Waals surface area (Å²) in [6, 6.07) is 0. The number of hydrogen-bond donors (Lipinski definition) is 0. The fourth-order valence-corrected chi connectivity index (χ4v) is 3.39. The van der Waals surface area contributed by atoms with Gasteiger partial charge in [0.15, 0.2) is 5.78 Å². The van der Waals surface area contributed by atoms with Gasteiger partial charge in [0.05, 0.1) is 0 Å². The van der Waals surface area contributed by atoms with Crippen molar-refractivity contribution in [2.24, 2.45) is 5.92 Å². The molecule has 2 saturated carbocycles. The fourth-order valence-electron chi connectivity index (χ4n) is 3.39.